The molecular weight excluding hydrogens is 1450 g/mol. The Hall–Kier alpha value is -11.1. The second-order valence-electron chi connectivity index (χ2n) is 21.8. The van der Waals surface area contributed by atoms with Crippen molar-refractivity contribution < 1.29 is 92.1 Å². The first-order chi connectivity index (χ1) is 48.0. The highest BCUT2D eigenvalue weighted by Crippen LogP contribution is 2.42. The first-order valence-corrected chi connectivity index (χ1v) is 37.7. The number of hydrogen-bond acceptors (Lipinski definition) is 27. The summed E-state index contributed by atoms with van der Waals surface area (Å²) in [4.78, 5) is 22.6. The molecule has 524 valence electrons. The number of pyridine rings is 2. The van der Waals surface area contributed by atoms with Crippen LogP contribution in [0.4, 0.5) is 57.9 Å². The van der Waals surface area contributed by atoms with Crippen molar-refractivity contribution in [2.45, 2.75) is 43.2 Å². The number of aliphatic hydroxyl groups excluding tert-OH is 1. The molecule has 102 heavy (non-hydrogen) atoms. The Morgan fingerprint density at radius 3 is 1.12 bits per heavy atom. The zero-order chi connectivity index (χ0) is 73.4. The minimum atomic E-state index is -4.94. The molecule has 12 aromatic rings. The molecule has 0 atom stereocenters. The van der Waals surface area contributed by atoms with E-state index in [9.17, 15) is 82.9 Å². The van der Waals surface area contributed by atoms with Crippen molar-refractivity contribution in [3.8, 4) is 11.9 Å². The Balaban J connectivity index is 0.000000205. The maximum atomic E-state index is 12.6. The maximum absolute atomic E-state index is 12.6. The summed E-state index contributed by atoms with van der Waals surface area (Å²) in [6, 6.07) is 32.0. The van der Waals surface area contributed by atoms with Crippen LogP contribution in [0, 0.1) is 13.8 Å². The van der Waals surface area contributed by atoms with Crippen LogP contribution in [0.2, 0.25) is 0 Å². The van der Waals surface area contributed by atoms with E-state index in [0.29, 0.717) is 0 Å². The summed E-state index contributed by atoms with van der Waals surface area (Å²) in [5.41, 5.74) is 1.61. The van der Waals surface area contributed by atoms with E-state index in [1.807, 2.05) is 26.0 Å². The predicted octanol–water partition coefficient (Wildman–Crippen LogP) is 8.77. The highest BCUT2D eigenvalue weighted by atomic mass is 32.2. The average molecular weight is 1510 g/mol. The molecule has 0 amide bonds. The zero-order valence-corrected chi connectivity index (χ0v) is 57.3. The van der Waals surface area contributed by atoms with Crippen molar-refractivity contribution in [2.75, 3.05) is 41.5 Å². The van der Waals surface area contributed by atoms with Gasteiger partial charge in [0.2, 0.25) is 0 Å². The van der Waals surface area contributed by atoms with Gasteiger partial charge in [-0.3, -0.25) is 27.3 Å². The normalized spacial score (nSPS) is 12.5. The van der Waals surface area contributed by atoms with E-state index in [1.165, 1.54) is 78.9 Å². The largest absolute Gasteiger partial charge is 0.444 e. The number of anilines is 6. The van der Waals surface area contributed by atoms with Gasteiger partial charge in [0.05, 0.1) is 65.5 Å². The van der Waals surface area contributed by atoms with Gasteiger partial charge in [-0.2, -0.15) is 60.7 Å². The van der Waals surface area contributed by atoms with Crippen molar-refractivity contribution >= 4 is 162 Å². The lowest BCUT2D eigenvalue weighted by Gasteiger charge is -2.12. The molecule has 0 spiro atoms. The van der Waals surface area contributed by atoms with E-state index < -0.39 is 90.1 Å². The molecule has 0 radical (unpaired) electrons. The molecule has 0 saturated carbocycles. The number of rotatable bonds is 20. The molecule has 0 aliphatic heterocycles. The number of nitrogens with zero attached hydrogens (tertiary/aromatic N) is 12. The van der Waals surface area contributed by atoms with Crippen molar-refractivity contribution in [1.82, 2.24) is 29.9 Å². The van der Waals surface area contributed by atoms with Gasteiger partial charge < -0.3 is 26.4 Å². The average Bonchev–Trinajstić information content (AvgIpc) is 0.777. The fourth-order valence-corrected chi connectivity index (χ4v) is 14.8. The zero-order valence-electron chi connectivity index (χ0n) is 52.4. The molecule has 4 aromatic heterocycles. The number of hydrogen-bond donors (Lipinski definition) is 11. The Morgan fingerprint density at radius 2 is 0.745 bits per heavy atom. The summed E-state index contributed by atoms with van der Waals surface area (Å²) in [6.45, 7) is 3.64. The number of benzene rings is 8. The summed E-state index contributed by atoms with van der Waals surface area (Å²) in [6.07, 6.45) is 6.99. The Kier molecular flexibility index (Phi) is 19.9. The van der Waals surface area contributed by atoms with Crippen LogP contribution in [0.3, 0.4) is 0 Å². The van der Waals surface area contributed by atoms with E-state index in [1.54, 1.807) is 53.1 Å². The van der Waals surface area contributed by atoms with Crippen LogP contribution in [0.5, 0.6) is 0 Å². The SMILES string of the molecule is CNc1nc(Nc2ccc(N=Nc3cc(S(=O)(=O)O)c4cccc(S(=O)(=O)O)c4c3)c3cccc(S(=O)(=O)O)c23)nc(-[n+]2cccc(C)c2)n1.Cc1ccc[n+](-c2nc(NCCO)nc(Nc3ccc(N=Nc4cc(S(=O)(=O)O)c5cccc(S(=O)(=O)O)c5c4)c4cccc(S(=O)(=O)O)c34)n2)c1. The van der Waals surface area contributed by atoms with Crippen molar-refractivity contribution in [2.24, 2.45) is 20.5 Å². The minimum absolute atomic E-state index is 0.0118. The lowest BCUT2D eigenvalue weighted by Crippen LogP contribution is -2.33. The fourth-order valence-electron chi connectivity index (χ4n) is 10.5. The van der Waals surface area contributed by atoms with E-state index in [0.717, 1.165) is 53.6 Å². The predicted molar refractivity (Wildman–Crippen MR) is 367 cm³/mol. The first-order valence-electron chi connectivity index (χ1n) is 29.0. The molecule has 11 N–H and O–H groups in total. The van der Waals surface area contributed by atoms with Gasteiger partial charge in [-0.1, -0.05) is 60.7 Å². The van der Waals surface area contributed by atoms with Crippen molar-refractivity contribution in [3.05, 3.63) is 182 Å². The quantitative estimate of drug-likeness (QED) is 0.0193. The Morgan fingerprint density at radius 1 is 0.382 bits per heavy atom. The van der Waals surface area contributed by atoms with Gasteiger partial charge in [-0.05, 0) is 130 Å². The van der Waals surface area contributed by atoms with Crippen LogP contribution in [-0.2, 0) is 60.7 Å². The molecule has 12 rings (SSSR count). The third kappa shape index (κ3) is 16.1. The Labute approximate surface area is 578 Å². The molecule has 0 unspecified atom stereocenters. The number of nitrogens with one attached hydrogen (secondary N) is 4. The molecule has 0 aliphatic carbocycles. The number of azo groups is 2. The molecule has 0 fully saturated rings. The highest BCUT2D eigenvalue weighted by Gasteiger charge is 2.28. The summed E-state index contributed by atoms with van der Waals surface area (Å²) < 4.78 is 211. The van der Waals surface area contributed by atoms with Gasteiger partial charge in [0.1, 0.15) is 29.4 Å². The van der Waals surface area contributed by atoms with Crippen molar-refractivity contribution in [1.29, 1.82) is 0 Å². The third-order valence-electron chi connectivity index (χ3n) is 14.7. The Bertz CT molecular complexity index is 6240. The van der Waals surface area contributed by atoms with Crippen LogP contribution in [0.25, 0.3) is 55.0 Å². The first kappa shape index (κ1) is 72.2. The molecule has 0 saturated heterocycles. The van der Waals surface area contributed by atoms with Crippen LogP contribution >= 0.6 is 0 Å². The lowest BCUT2D eigenvalue weighted by atomic mass is 10.1. The van der Waals surface area contributed by atoms with Crippen LogP contribution < -0.4 is 30.4 Å². The number of aryl methyl sites for hydroxylation is 2. The molecule has 4 heterocycles. The second kappa shape index (κ2) is 28.2. The minimum Gasteiger partial charge on any atom is -0.395 e. The second-order valence-corrected chi connectivity index (χ2v) is 30.1. The molecular formula is C61H52N16O19S6+2. The smallest absolute Gasteiger partial charge is 0.395 e. The van der Waals surface area contributed by atoms with E-state index in [4.69, 9.17) is 0 Å². The number of aliphatic hydroxyl groups is 1. The molecule has 41 heteroatoms. The fraction of sp³-hybridized carbons (Fsp3) is 0.0820. The van der Waals surface area contributed by atoms with E-state index in [-0.39, 0.29) is 126 Å². The van der Waals surface area contributed by atoms with Gasteiger partial charge in [-0.25, -0.2) is 9.13 Å². The van der Waals surface area contributed by atoms with Crippen LogP contribution in [0.15, 0.2) is 220 Å². The van der Waals surface area contributed by atoms with Crippen molar-refractivity contribution in [3.63, 3.8) is 0 Å². The van der Waals surface area contributed by atoms with Gasteiger partial charge in [0, 0.05) is 56.7 Å². The summed E-state index contributed by atoms with van der Waals surface area (Å²) in [5.74, 6) is 0.631. The summed E-state index contributed by atoms with van der Waals surface area (Å²) in [5, 5.41) is 36.6. The topological polar surface area (TPSA) is 529 Å². The lowest BCUT2D eigenvalue weighted by molar-refractivity contribution is -0.604. The van der Waals surface area contributed by atoms with Gasteiger partial charge in [-0.15, -0.1) is 20.2 Å². The summed E-state index contributed by atoms with van der Waals surface area (Å²) in [7, 11) is -27.6. The van der Waals surface area contributed by atoms with Gasteiger partial charge in [0.25, 0.3) is 60.7 Å². The van der Waals surface area contributed by atoms with Crippen LogP contribution in [-0.4, -0.2) is 133 Å². The maximum Gasteiger partial charge on any atom is 0.444 e. The number of fused-ring (bicyclic) bond motifs is 4. The van der Waals surface area contributed by atoms with E-state index >= 15 is 0 Å². The van der Waals surface area contributed by atoms with Gasteiger partial charge >= 0.3 is 35.7 Å². The third-order valence-corrected chi connectivity index (χ3v) is 20.1. The molecule has 0 aliphatic rings. The summed E-state index contributed by atoms with van der Waals surface area (Å²) >= 11 is 0. The van der Waals surface area contributed by atoms with E-state index in [2.05, 4.69) is 71.6 Å². The van der Waals surface area contributed by atoms with Gasteiger partial charge in [0.15, 0.2) is 0 Å². The monoisotopic (exact) mass is 1500 g/mol. The van der Waals surface area contributed by atoms with Crippen LogP contribution in [0.1, 0.15) is 11.1 Å². The highest BCUT2D eigenvalue weighted by molar-refractivity contribution is 7.87. The molecule has 8 aromatic carbocycles. The standard InChI is InChI=1S/C31H26N8O10S3.C30H24N8O9S3/c1-18-5-4-13-39(17-18)31-35-29(32-12-14-40)34-30(36-31)33-24-11-10-23(21-7-3-9-26(28(21)24)51(44,45)46)38-37-19-15-22-20(27(16-19)52(47,48)49)6-2-8-25(22)50(41,42)43;1-17-6-5-13-38(16-17)30-34-28(31-2)33-29(35-30)32-23-12-11-22(20-8-4-10-25(27(20)23)49(42,43)44)37-36-18-14-21-19(26(15-18)50(45,46)47)7-3-9-24(21)48(39,40)41/h2-11,13,15-17,40H,12,14H2,1H3,(H4-,32,33,34,35,36,41,42,43,44,45,46,47,48,49);3-16H,1-2H3,(H4-,31,32,33,34,35,39,40,41,42,43,44,45,46,47)/p+2. The number of aromatic nitrogens is 8. The molecule has 35 nitrogen and oxygen atoms in total. The molecule has 0 bridgehead atoms.